The van der Waals surface area contributed by atoms with E-state index >= 15 is 0 Å². The van der Waals surface area contributed by atoms with Gasteiger partial charge >= 0.3 is 5.97 Å². The fourth-order valence-electron chi connectivity index (χ4n) is 2.43. The molecule has 0 bridgehead atoms. The molecule has 1 atom stereocenters. The van der Waals surface area contributed by atoms with Crippen molar-refractivity contribution in [3.05, 3.63) is 52.8 Å². The van der Waals surface area contributed by atoms with E-state index < -0.39 is 5.97 Å². The number of aryl methyl sites for hydroxylation is 2. The second kappa shape index (κ2) is 7.58. The zero-order chi connectivity index (χ0) is 16.8. The highest BCUT2D eigenvalue weighted by atomic mass is 16.5. The Hall–Kier alpha value is -2.63. The van der Waals surface area contributed by atoms with E-state index in [0.717, 1.165) is 22.5 Å². The summed E-state index contributed by atoms with van der Waals surface area (Å²) in [6.07, 6.45) is 0. The van der Waals surface area contributed by atoms with Gasteiger partial charge < -0.3 is 10.1 Å². The van der Waals surface area contributed by atoms with Crippen LogP contribution < -0.4 is 5.32 Å². The molecule has 0 aliphatic rings. The summed E-state index contributed by atoms with van der Waals surface area (Å²) in [5.74, 6) is -1.07. The van der Waals surface area contributed by atoms with E-state index in [2.05, 4.69) is 15.5 Å². The van der Waals surface area contributed by atoms with Crippen LogP contribution in [-0.4, -0.2) is 28.6 Å². The summed E-state index contributed by atoms with van der Waals surface area (Å²) < 4.78 is 5.12. The largest absolute Gasteiger partial charge is 0.460 e. The van der Waals surface area contributed by atoms with E-state index in [-0.39, 0.29) is 25.0 Å². The molecule has 1 heterocycles. The first-order chi connectivity index (χ1) is 11.0. The predicted octanol–water partition coefficient (Wildman–Crippen LogP) is 1.99. The lowest BCUT2D eigenvalue weighted by Crippen LogP contribution is -2.33. The molecule has 0 radical (unpaired) electrons. The van der Waals surface area contributed by atoms with E-state index in [1.807, 2.05) is 44.2 Å². The summed E-state index contributed by atoms with van der Waals surface area (Å²) >= 11 is 0. The van der Waals surface area contributed by atoms with Crippen molar-refractivity contribution in [2.75, 3.05) is 6.54 Å². The lowest BCUT2D eigenvalue weighted by atomic mass is 9.98. The van der Waals surface area contributed by atoms with E-state index in [1.165, 1.54) is 0 Å². The van der Waals surface area contributed by atoms with Crippen LogP contribution in [-0.2, 0) is 20.9 Å². The Morgan fingerprint density at radius 1 is 1.26 bits per heavy atom. The number of nitrogens with zero attached hydrogens (tertiary/aromatic N) is 1. The Labute approximate surface area is 135 Å². The number of amides is 1. The Balaban J connectivity index is 1.81. The number of esters is 1. The van der Waals surface area contributed by atoms with Gasteiger partial charge in [0.1, 0.15) is 13.2 Å². The molecule has 2 rings (SSSR count). The molecule has 1 aromatic heterocycles. The van der Waals surface area contributed by atoms with Crippen molar-refractivity contribution in [1.82, 2.24) is 15.5 Å². The molecule has 2 aromatic rings. The first kappa shape index (κ1) is 16.7. The zero-order valence-corrected chi connectivity index (χ0v) is 13.6. The molecule has 0 spiro atoms. The number of ether oxygens (including phenoxy) is 1. The second-order valence-electron chi connectivity index (χ2n) is 5.43. The third-order valence-corrected chi connectivity index (χ3v) is 3.66. The van der Waals surface area contributed by atoms with Gasteiger partial charge in [0.25, 0.3) is 0 Å². The van der Waals surface area contributed by atoms with Gasteiger partial charge in [0, 0.05) is 11.3 Å². The van der Waals surface area contributed by atoms with Crippen molar-refractivity contribution in [3.63, 3.8) is 0 Å². The minimum absolute atomic E-state index is 0.147. The van der Waals surface area contributed by atoms with Crippen molar-refractivity contribution < 1.29 is 14.3 Å². The Kier molecular flexibility index (Phi) is 5.51. The molecule has 2 N–H and O–H groups in total. The molecule has 1 unspecified atom stereocenters. The Bertz CT molecular complexity index is 660. The third kappa shape index (κ3) is 4.42. The number of H-pyrrole nitrogens is 1. The summed E-state index contributed by atoms with van der Waals surface area (Å²) in [5, 5.41) is 9.54. The molecular weight excluding hydrogens is 294 g/mol. The highest BCUT2D eigenvalue weighted by Gasteiger charge is 2.21. The molecule has 0 fully saturated rings. The van der Waals surface area contributed by atoms with Gasteiger partial charge in [-0.1, -0.05) is 30.3 Å². The van der Waals surface area contributed by atoms with Crippen LogP contribution in [0.3, 0.4) is 0 Å². The van der Waals surface area contributed by atoms with Crippen molar-refractivity contribution in [1.29, 1.82) is 0 Å². The molecule has 6 heteroatoms. The number of nitrogens with one attached hydrogen (secondary N) is 2. The molecule has 0 aliphatic heterocycles. The SMILES string of the molecule is Cc1n[nH]c(C)c1C(C)C(=O)NCC(=O)OCc1ccccc1. The zero-order valence-electron chi connectivity index (χ0n) is 13.6. The quantitative estimate of drug-likeness (QED) is 0.799. The van der Waals surface area contributed by atoms with Crippen molar-refractivity contribution in [3.8, 4) is 0 Å². The van der Waals surface area contributed by atoms with Crippen LogP contribution in [0.2, 0.25) is 0 Å². The molecule has 23 heavy (non-hydrogen) atoms. The van der Waals surface area contributed by atoms with Gasteiger partial charge in [0.05, 0.1) is 11.6 Å². The van der Waals surface area contributed by atoms with Gasteiger partial charge in [-0.25, -0.2) is 0 Å². The summed E-state index contributed by atoms with van der Waals surface area (Å²) in [6.45, 7) is 5.55. The Morgan fingerprint density at radius 3 is 2.57 bits per heavy atom. The standard InChI is InChI=1S/C17H21N3O3/c1-11(16-12(2)19-20-13(16)3)17(22)18-9-15(21)23-10-14-7-5-4-6-8-14/h4-8,11H,9-10H2,1-3H3,(H,18,22)(H,19,20). The van der Waals surface area contributed by atoms with Gasteiger partial charge in [-0.15, -0.1) is 0 Å². The normalized spacial score (nSPS) is 11.8. The van der Waals surface area contributed by atoms with Gasteiger partial charge in [-0.3, -0.25) is 14.7 Å². The summed E-state index contributed by atoms with van der Waals surface area (Å²) in [7, 11) is 0. The van der Waals surface area contributed by atoms with Crippen molar-refractivity contribution in [2.24, 2.45) is 0 Å². The van der Waals surface area contributed by atoms with E-state index in [4.69, 9.17) is 4.74 Å². The second-order valence-corrected chi connectivity index (χ2v) is 5.43. The minimum atomic E-state index is -0.463. The lowest BCUT2D eigenvalue weighted by molar-refractivity contribution is -0.145. The molecule has 0 aliphatic carbocycles. The maximum atomic E-state index is 12.2. The molecule has 6 nitrogen and oxygen atoms in total. The van der Waals surface area contributed by atoms with E-state index in [1.54, 1.807) is 6.92 Å². The number of aromatic nitrogens is 2. The fourth-order valence-corrected chi connectivity index (χ4v) is 2.43. The van der Waals surface area contributed by atoms with Gasteiger partial charge in [0.2, 0.25) is 5.91 Å². The van der Waals surface area contributed by atoms with Gasteiger partial charge in [-0.05, 0) is 26.3 Å². The molecular formula is C17H21N3O3. The lowest BCUT2D eigenvalue weighted by Gasteiger charge is -2.12. The van der Waals surface area contributed by atoms with Crippen molar-refractivity contribution in [2.45, 2.75) is 33.3 Å². The van der Waals surface area contributed by atoms with Crippen LogP contribution in [0.4, 0.5) is 0 Å². The maximum absolute atomic E-state index is 12.2. The van der Waals surface area contributed by atoms with Crippen LogP contribution in [0, 0.1) is 13.8 Å². The average molecular weight is 315 g/mol. The van der Waals surface area contributed by atoms with Crippen LogP contribution >= 0.6 is 0 Å². The number of carbonyl (C=O) groups is 2. The summed E-state index contributed by atoms with van der Waals surface area (Å²) in [5.41, 5.74) is 3.42. The van der Waals surface area contributed by atoms with Crippen LogP contribution in [0.15, 0.2) is 30.3 Å². The summed E-state index contributed by atoms with van der Waals surface area (Å²) in [6, 6.07) is 9.40. The number of hydrogen-bond acceptors (Lipinski definition) is 4. The average Bonchev–Trinajstić information content (AvgIpc) is 2.89. The number of hydrogen-bond donors (Lipinski definition) is 2. The van der Waals surface area contributed by atoms with E-state index in [9.17, 15) is 9.59 Å². The van der Waals surface area contributed by atoms with Gasteiger partial charge in [-0.2, -0.15) is 5.10 Å². The molecule has 0 saturated heterocycles. The van der Waals surface area contributed by atoms with Crippen molar-refractivity contribution >= 4 is 11.9 Å². The van der Waals surface area contributed by atoms with Crippen LogP contribution in [0.25, 0.3) is 0 Å². The number of rotatable bonds is 6. The highest BCUT2D eigenvalue weighted by Crippen LogP contribution is 2.21. The number of aromatic amines is 1. The first-order valence-electron chi connectivity index (χ1n) is 7.47. The minimum Gasteiger partial charge on any atom is -0.460 e. The van der Waals surface area contributed by atoms with Crippen LogP contribution in [0.1, 0.15) is 35.4 Å². The topological polar surface area (TPSA) is 84.1 Å². The Morgan fingerprint density at radius 2 is 1.96 bits per heavy atom. The fraction of sp³-hybridized carbons (Fsp3) is 0.353. The highest BCUT2D eigenvalue weighted by molar-refractivity contribution is 5.87. The number of benzene rings is 1. The molecule has 1 aromatic carbocycles. The smallest absolute Gasteiger partial charge is 0.325 e. The number of carbonyl (C=O) groups excluding carboxylic acids is 2. The monoisotopic (exact) mass is 315 g/mol. The maximum Gasteiger partial charge on any atom is 0.325 e. The predicted molar refractivity (Wildman–Crippen MR) is 85.7 cm³/mol. The molecule has 1 amide bonds. The van der Waals surface area contributed by atoms with E-state index in [0.29, 0.717) is 0 Å². The third-order valence-electron chi connectivity index (χ3n) is 3.66. The van der Waals surface area contributed by atoms with Crippen LogP contribution in [0.5, 0.6) is 0 Å². The first-order valence-corrected chi connectivity index (χ1v) is 7.47. The summed E-state index contributed by atoms with van der Waals surface area (Å²) in [4.78, 5) is 23.9. The molecule has 122 valence electrons. The van der Waals surface area contributed by atoms with Gasteiger partial charge in [0.15, 0.2) is 0 Å². The molecule has 0 saturated carbocycles.